The molecule has 1 aliphatic rings. The maximum atomic E-state index is 9.33. The third kappa shape index (κ3) is 2.37. The molecule has 1 atom stereocenters. The number of nitrogens with one attached hydrogen (secondary N) is 2. The molecule has 84 valence electrons. The highest BCUT2D eigenvalue weighted by atomic mass is 79.9. The number of benzene rings is 1. The van der Waals surface area contributed by atoms with Gasteiger partial charge in [-0.05, 0) is 47.4 Å². The van der Waals surface area contributed by atoms with E-state index in [-0.39, 0.29) is 0 Å². The van der Waals surface area contributed by atoms with E-state index in [0.29, 0.717) is 6.54 Å². The summed E-state index contributed by atoms with van der Waals surface area (Å²) in [5.74, 6) is 0. The monoisotopic (exact) mass is 279 g/mol. The van der Waals surface area contributed by atoms with Crippen LogP contribution in [0.4, 0.5) is 5.69 Å². The van der Waals surface area contributed by atoms with Crippen molar-refractivity contribution in [3.63, 3.8) is 0 Å². The van der Waals surface area contributed by atoms with E-state index in [4.69, 9.17) is 0 Å². The van der Waals surface area contributed by atoms with Gasteiger partial charge in [0.15, 0.2) is 0 Å². The first-order valence-corrected chi connectivity index (χ1v) is 6.20. The molecule has 3 nitrogen and oxygen atoms in total. The van der Waals surface area contributed by atoms with Gasteiger partial charge in [0.25, 0.3) is 0 Å². The van der Waals surface area contributed by atoms with E-state index in [1.165, 1.54) is 0 Å². The molecular weight excluding hydrogens is 266 g/mol. The average molecular weight is 280 g/mol. The van der Waals surface area contributed by atoms with Gasteiger partial charge in [-0.2, -0.15) is 5.26 Å². The second kappa shape index (κ2) is 4.86. The van der Waals surface area contributed by atoms with Crippen molar-refractivity contribution in [3.05, 3.63) is 28.7 Å². The number of nitriles is 1. The van der Waals surface area contributed by atoms with E-state index in [1.54, 1.807) is 0 Å². The minimum absolute atomic E-state index is 0.470. The van der Waals surface area contributed by atoms with Crippen molar-refractivity contribution in [1.29, 1.82) is 5.26 Å². The first-order valence-electron chi connectivity index (χ1n) is 5.40. The molecule has 0 saturated carbocycles. The molecule has 0 radical (unpaired) electrons. The molecule has 1 aromatic rings. The number of hydrogen-bond donors (Lipinski definition) is 2. The third-order valence-electron chi connectivity index (χ3n) is 2.85. The van der Waals surface area contributed by atoms with Crippen LogP contribution in [-0.2, 0) is 0 Å². The maximum Gasteiger partial charge on any atom is 0.138 e. The van der Waals surface area contributed by atoms with E-state index in [9.17, 15) is 5.26 Å². The third-order valence-corrected chi connectivity index (χ3v) is 3.54. The molecule has 2 rings (SSSR count). The van der Waals surface area contributed by atoms with Gasteiger partial charge in [-0.1, -0.05) is 12.1 Å². The first-order chi connectivity index (χ1) is 7.76. The smallest absolute Gasteiger partial charge is 0.138 e. The minimum Gasteiger partial charge on any atom is -0.365 e. The molecule has 1 heterocycles. The van der Waals surface area contributed by atoms with Crippen LogP contribution in [0.2, 0.25) is 0 Å². The zero-order chi connectivity index (χ0) is 11.4. The van der Waals surface area contributed by atoms with Gasteiger partial charge in [-0.25, -0.2) is 0 Å². The van der Waals surface area contributed by atoms with Crippen molar-refractivity contribution in [1.82, 2.24) is 5.32 Å². The fraction of sp³-hybridized carbons (Fsp3) is 0.417. The van der Waals surface area contributed by atoms with Crippen LogP contribution in [-0.4, -0.2) is 18.6 Å². The number of nitrogens with zero attached hydrogens (tertiary/aromatic N) is 1. The van der Waals surface area contributed by atoms with Gasteiger partial charge in [-0.15, -0.1) is 0 Å². The molecule has 1 unspecified atom stereocenters. The van der Waals surface area contributed by atoms with E-state index in [1.807, 2.05) is 24.3 Å². The summed E-state index contributed by atoms with van der Waals surface area (Å²) in [6.45, 7) is 1.70. The van der Waals surface area contributed by atoms with E-state index in [2.05, 4.69) is 32.6 Å². The Kier molecular flexibility index (Phi) is 3.47. The Morgan fingerprint density at radius 1 is 1.44 bits per heavy atom. The summed E-state index contributed by atoms with van der Waals surface area (Å²) in [4.78, 5) is 0. The highest BCUT2D eigenvalue weighted by Gasteiger charge is 2.32. The number of halogens is 1. The molecular formula is C12H14BrN3. The molecule has 4 heteroatoms. The van der Waals surface area contributed by atoms with Crippen LogP contribution in [0.5, 0.6) is 0 Å². The van der Waals surface area contributed by atoms with Gasteiger partial charge in [0.05, 0.1) is 6.07 Å². The standard InChI is InChI=1S/C12H14BrN3/c13-10-4-1-2-5-11(10)16-12(8-14)6-3-7-15-9-12/h1-2,4-5,15-16H,3,6-7,9H2. The molecule has 2 N–H and O–H groups in total. The van der Waals surface area contributed by atoms with Crippen molar-refractivity contribution in [2.24, 2.45) is 0 Å². The lowest BCUT2D eigenvalue weighted by Crippen LogP contribution is -2.50. The minimum atomic E-state index is -0.470. The Morgan fingerprint density at radius 3 is 2.88 bits per heavy atom. The van der Waals surface area contributed by atoms with Crippen LogP contribution in [0.3, 0.4) is 0 Å². The lowest BCUT2D eigenvalue weighted by molar-refractivity contribution is 0.411. The van der Waals surface area contributed by atoms with Gasteiger partial charge >= 0.3 is 0 Å². The summed E-state index contributed by atoms with van der Waals surface area (Å²) in [6.07, 6.45) is 1.92. The highest BCUT2D eigenvalue weighted by Crippen LogP contribution is 2.27. The second-order valence-electron chi connectivity index (χ2n) is 4.08. The van der Waals surface area contributed by atoms with Gasteiger partial charge in [0, 0.05) is 16.7 Å². The van der Waals surface area contributed by atoms with Crippen LogP contribution in [0.25, 0.3) is 0 Å². The Hall–Kier alpha value is -1.05. The molecule has 0 aromatic heterocycles. The molecule has 16 heavy (non-hydrogen) atoms. The molecule has 0 aliphatic carbocycles. The Balaban J connectivity index is 2.19. The van der Waals surface area contributed by atoms with Gasteiger partial charge in [0.2, 0.25) is 0 Å². The summed E-state index contributed by atoms with van der Waals surface area (Å²) in [6, 6.07) is 10.3. The normalized spacial score (nSPS) is 24.8. The summed E-state index contributed by atoms with van der Waals surface area (Å²) in [7, 11) is 0. The van der Waals surface area contributed by atoms with Crippen molar-refractivity contribution >= 4 is 21.6 Å². The Bertz CT molecular complexity index is 405. The van der Waals surface area contributed by atoms with Crippen molar-refractivity contribution in [2.75, 3.05) is 18.4 Å². The quantitative estimate of drug-likeness (QED) is 0.875. The SMILES string of the molecule is N#CC1(Nc2ccccc2Br)CCCNC1. The zero-order valence-corrected chi connectivity index (χ0v) is 10.5. The summed E-state index contributed by atoms with van der Waals surface area (Å²) < 4.78 is 0.996. The highest BCUT2D eigenvalue weighted by molar-refractivity contribution is 9.10. The lowest BCUT2D eigenvalue weighted by atomic mass is 9.91. The molecule has 0 spiro atoms. The molecule has 0 bridgehead atoms. The number of hydrogen-bond acceptors (Lipinski definition) is 3. The Morgan fingerprint density at radius 2 is 2.25 bits per heavy atom. The maximum absolute atomic E-state index is 9.33. The fourth-order valence-corrected chi connectivity index (χ4v) is 2.34. The van der Waals surface area contributed by atoms with E-state index in [0.717, 1.165) is 29.5 Å². The van der Waals surface area contributed by atoms with Crippen molar-refractivity contribution in [2.45, 2.75) is 18.4 Å². The number of anilines is 1. The van der Waals surface area contributed by atoms with E-state index < -0.39 is 5.54 Å². The van der Waals surface area contributed by atoms with Gasteiger partial charge in [-0.3, -0.25) is 0 Å². The topological polar surface area (TPSA) is 47.9 Å². The summed E-state index contributed by atoms with van der Waals surface area (Å²) >= 11 is 3.48. The lowest BCUT2D eigenvalue weighted by Gasteiger charge is -2.33. The van der Waals surface area contributed by atoms with Crippen molar-refractivity contribution in [3.8, 4) is 6.07 Å². The van der Waals surface area contributed by atoms with Crippen LogP contribution in [0, 0.1) is 11.3 Å². The van der Waals surface area contributed by atoms with Crippen LogP contribution < -0.4 is 10.6 Å². The molecule has 0 amide bonds. The molecule has 1 fully saturated rings. The fourth-order valence-electron chi connectivity index (χ4n) is 1.96. The number of para-hydroxylation sites is 1. The number of rotatable bonds is 2. The first kappa shape index (κ1) is 11.4. The van der Waals surface area contributed by atoms with Crippen LogP contribution in [0.15, 0.2) is 28.7 Å². The van der Waals surface area contributed by atoms with Gasteiger partial charge in [0.1, 0.15) is 5.54 Å². The molecule has 1 saturated heterocycles. The molecule has 1 aromatic carbocycles. The summed E-state index contributed by atoms with van der Waals surface area (Å²) in [5.41, 5.74) is 0.509. The van der Waals surface area contributed by atoms with Crippen molar-refractivity contribution < 1.29 is 0 Å². The molecule has 1 aliphatic heterocycles. The Labute approximate surface area is 104 Å². The second-order valence-corrected chi connectivity index (χ2v) is 4.93. The average Bonchev–Trinajstić information content (AvgIpc) is 2.33. The largest absolute Gasteiger partial charge is 0.365 e. The van der Waals surface area contributed by atoms with Crippen LogP contribution in [0.1, 0.15) is 12.8 Å². The number of piperidine rings is 1. The predicted octanol–water partition coefficient (Wildman–Crippen LogP) is 2.51. The predicted molar refractivity (Wildman–Crippen MR) is 68.2 cm³/mol. The van der Waals surface area contributed by atoms with Gasteiger partial charge < -0.3 is 10.6 Å². The summed E-state index contributed by atoms with van der Waals surface area (Å²) in [5, 5.41) is 15.9. The zero-order valence-electron chi connectivity index (χ0n) is 8.96. The van der Waals surface area contributed by atoms with E-state index >= 15 is 0 Å². The van der Waals surface area contributed by atoms with Crippen LogP contribution >= 0.6 is 15.9 Å².